The van der Waals surface area contributed by atoms with E-state index in [0.717, 1.165) is 12.7 Å². The Bertz CT molecular complexity index is 867. The topological polar surface area (TPSA) is 73.9 Å². The van der Waals surface area contributed by atoms with Crippen LogP contribution < -0.4 is 5.32 Å². The number of fused-ring (bicyclic) bond motifs is 2. The number of alkyl halides is 3. The third kappa shape index (κ3) is 3.38. The fourth-order valence-corrected chi connectivity index (χ4v) is 4.14. The van der Waals surface area contributed by atoms with Crippen LogP contribution in [0.5, 0.6) is 0 Å². The summed E-state index contributed by atoms with van der Waals surface area (Å²) in [5.74, 6) is -2.38. The molecule has 1 N–H and O–H groups in total. The highest BCUT2D eigenvalue weighted by molar-refractivity contribution is 7.87. The van der Waals surface area contributed by atoms with Gasteiger partial charge in [-0.1, -0.05) is 0 Å². The van der Waals surface area contributed by atoms with Crippen LogP contribution in [0.25, 0.3) is 0 Å². The molecule has 2 aliphatic heterocycles. The standard InChI is InChI=1S/C17H22F3NO5S/c1-14(2)6-10-7-16(24-5,26-27(22,23)17(18,19)20)13-11(12(10)9-21-14)8-15(3,4)25-13/h7,9,21H,6,8H2,1-5H3. The van der Waals surface area contributed by atoms with Gasteiger partial charge in [-0.15, -0.1) is 0 Å². The molecule has 0 saturated carbocycles. The molecule has 1 atom stereocenters. The SMILES string of the molecule is COC1(OS(=O)(=O)C(F)(F)F)C=C2CC(C)(C)NC=C2C2=C1OC(C)(C)C2. The van der Waals surface area contributed by atoms with Crippen molar-refractivity contribution in [1.82, 2.24) is 5.32 Å². The van der Waals surface area contributed by atoms with Crippen molar-refractivity contribution < 1.29 is 35.2 Å². The Hall–Kier alpha value is -1.52. The van der Waals surface area contributed by atoms with Crippen molar-refractivity contribution in [2.45, 2.75) is 63.0 Å². The Balaban J connectivity index is 2.18. The van der Waals surface area contributed by atoms with Gasteiger partial charge in [-0.2, -0.15) is 21.6 Å². The molecule has 1 aliphatic carbocycles. The maximum atomic E-state index is 13.0. The van der Waals surface area contributed by atoms with E-state index in [1.165, 1.54) is 6.08 Å². The number of hydrogen-bond acceptors (Lipinski definition) is 6. The Morgan fingerprint density at radius 1 is 1.19 bits per heavy atom. The predicted octanol–water partition coefficient (Wildman–Crippen LogP) is 3.24. The highest BCUT2D eigenvalue weighted by Crippen LogP contribution is 2.52. The molecule has 0 spiro atoms. The number of halogens is 3. The lowest BCUT2D eigenvalue weighted by Crippen LogP contribution is -2.46. The summed E-state index contributed by atoms with van der Waals surface area (Å²) in [4.78, 5) is 0. The summed E-state index contributed by atoms with van der Waals surface area (Å²) in [6, 6.07) is 0. The van der Waals surface area contributed by atoms with Gasteiger partial charge in [0.2, 0.25) is 0 Å². The fraction of sp³-hybridized carbons (Fsp3) is 0.647. The van der Waals surface area contributed by atoms with Crippen LogP contribution in [0.2, 0.25) is 0 Å². The lowest BCUT2D eigenvalue weighted by molar-refractivity contribution is -0.149. The Morgan fingerprint density at radius 2 is 1.81 bits per heavy atom. The monoisotopic (exact) mass is 409 g/mol. The molecule has 6 nitrogen and oxygen atoms in total. The molecule has 27 heavy (non-hydrogen) atoms. The van der Waals surface area contributed by atoms with Gasteiger partial charge in [-0.25, -0.2) is 4.18 Å². The summed E-state index contributed by atoms with van der Waals surface area (Å²) in [7, 11) is -4.84. The molecule has 0 aromatic heterocycles. The maximum Gasteiger partial charge on any atom is 0.523 e. The minimum absolute atomic E-state index is 0.0701. The smallest absolute Gasteiger partial charge is 0.485 e. The molecule has 2 heterocycles. The van der Waals surface area contributed by atoms with Gasteiger partial charge in [-0.05, 0) is 45.8 Å². The Morgan fingerprint density at radius 3 is 2.37 bits per heavy atom. The van der Waals surface area contributed by atoms with Crippen LogP contribution in [-0.4, -0.2) is 38.0 Å². The fourth-order valence-electron chi connectivity index (χ4n) is 3.52. The first-order valence-electron chi connectivity index (χ1n) is 8.31. The quantitative estimate of drug-likeness (QED) is 0.438. The predicted molar refractivity (Wildman–Crippen MR) is 90.6 cm³/mol. The summed E-state index contributed by atoms with van der Waals surface area (Å²) in [6.07, 6.45) is 3.85. The van der Waals surface area contributed by atoms with E-state index < -0.39 is 27.0 Å². The molecule has 0 amide bonds. The maximum absolute atomic E-state index is 13.0. The first-order valence-corrected chi connectivity index (χ1v) is 9.72. The number of hydrogen-bond donors (Lipinski definition) is 1. The summed E-state index contributed by atoms with van der Waals surface area (Å²) >= 11 is 0. The van der Waals surface area contributed by atoms with E-state index in [-0.39, 0.29) is 11.3 Å². The zero-order valence-electron chi connectivity index (χ0n) is 15.7. The molecule has 0 saturated heterocycles. The van der Waals surface area contributed by atoms with E-state index in [4.69, 9.17) is 9.47 Å². The van der Waals surface area contributed by atoms with Crippen molar-refractivity contribution in [3.05, 3.63) is 34.8 Å². The number of ether oxygens (including phenoxy) is 2. The van der Waals surface area contributed by atoms with Crippen LogP contribution in [0, 0.1) is 0 Å². The van der Waals surface area contributed by atoms with Crippen molar-refractivity contribution >= 4 is 10.1 Å². The average Bonchev–Trinajstić information content (AvgIpc) is 2.80. The van der Waals surface area contributed by atoms with Crippen LogP contribution in [-0.2, 0) is 23.8 Å². The van der Waals surface area contributed by atoms with E-state index >= 15 is 0 Å². The Labute approximate surface area is 156 Å². The molecule has 152 valence electrons. The lowest BCUT2D eigenvalue weighted by Gasteiger charge is -2.39. The second kappa shape index (κ2) is 5.74. The highest BCUT2D eigenvalue weighted by Gasteiger charge is 2.58. The number of nitrogens with one attached hydrogen (secondary N) is 1. The van der Waals surface area contributed by atoms with E-state index in [2.05, 4.69) is 9.50 Å². The van der Waals surface area contributed by atoms with Crippen LogP contribution in [0.15, 0.2) is 34.8 Å². The molecule has 3 aliphatic rings. The molecule has 0 aromatic rings. The summed E-state index contributed by atoms with van der Waals surface area (Å²) in [5, 5.41) is 3.24. The molecule has 0 bridgehead atoms. The van der Waals surface area contributed by atoms with E-state index in [0.29, 0.717) is 24.0 Å². The highest BCUT2D eigenvalue weighted by atomic mass is 32.2. The van der Waals surface area contributed by atoms with Crippen molar-refractivity contribution in [1.29, 1.82) is 0 Å². The summed E-state index contributed by atoms with van der Waals surface area (Å²) in [5.41, 5.74) is -4.75. The largest absolute Gasteiger partial charge is 0.523 e. The molecule has 0 aromatic carbocycles. The molecule has 10 heteroatoms. The Kier molecular flexibility index (Phi) is 4.30. The second-order valence-electron chi connectivity index (χ2n) is 8.13. The molecule has 0 radical (unpaired) electrons. The number of methoxy groups -OCH3 is 1. The van der Waals surface area contributed by atoms with E-state index in [1.54, 1.807) is 20.0 Å². The van der Waals surface area contributed by atoms with Gasteiger partial charge in [0.25, 0.3) is 5.79 Å². The zero-order valence-corrected chi connectivity index (χ0v) is 16.5. The third-order valence-electron chi connectivity index (χ3n) is 4.67. The normalized spacial score (nSPS) is 29.2. The van der Waals surface area contributed by atoms with Gasteiger partial charge in [0, 0.05) is 36.4 Å². The van der Waals surface area contributed by atoms with Gasteiger partial charge in [0.05, 0.1) is 0 Å². The van der Waals surface area contributed by atoms with Gasteiger partial charge in [0.1, 0.15) is 5.60 Å². The van der Waals surface area contributed by atoms with Gasteiger partial charge >= 0.3 is 15.6 Å². The van der Waals surface area contributed by atoms with Crippen molar-refractivity contribution in [3.63, 3.8) is 0 Å². The molecular weight excluding hydrogens is 387 g/mol. The van der Waals surface area contributed by atoms with Crippen molar-refractivity contribution in [2.24, 2.45) is 0 Å². The first-order chi connectivity index (χ1) is 12.1. The van der Waals surface area contributed by atoms with Gasteiger partial charge in [0.15, 0.2) is 5.76 Å². The second-order valence-corrected chi connectivity index (χ2v) is 9.67. The van der Waals surface area contributed by atoms with Crippen molar-refractivity contribution in [2.75, 3.05) is 7.11 Å². The van der Waals surface area contributed by atoms with Crippen molar-refractivity contribution in [3.8, 4) is 0 Å². The molecule has 0 fully saturated rings. The molecule has 1 unspecified atom stereocenters. The van der Waals surface area contributed by atoms with Crippen LogP contribution in [0.3, 0.4) is 0 Å². The first kappa shape index (κ1) is 20.2. The summed E-state index contributed by atoms with van der Waals surface area (Å²) in [6.45, 7) is 7.35. The van der Waals surface area contributed by atoms with E-state index in [9.17, 15) is 21.6 Å². The zero-order chi connectivity index (χ0) is 20.5. The third-order valence-corrected chi connectivity index (χ3v) is 5.70. The van der Waals surface area contributed by atoms with Gasteiger partial charge < -0.3 is 14.8 Å². The lowest BCUT2D eigenvalue weighted by atomic mass is 9.78. The minimum Gasteiger partial charge on any atom is -0.485 e. The number of allylic oxidation sites excluding steroid dienone is 1. The summed E-state index contributed by atoms with van der Waals surface area (Å²) < 4.78 is 78.1. The minimum atomic E-state index is -5.93. The number of rotatable bonds is 3. The van der Waals surface area contributed by atoms with E-state index in [1.807, 2.05) is 13.8 Å². The average molecular weight is 409 g/mol. The van der Waals surface area contributed by atoms with Crippen LogP contribution >= 0.6 is 0 Å². The van der Waals surface area contributed by atoms with Gasteiger partial charge in [-0.3, -0.25) is 0 Å². The van der Waals surface area contributed by atoms with Crippen LogP contribution in [0.1, 0.15) is 40.5 Å². The van der Waals surface area contributed by atoms with Crippen LogP contribution in [0.4, 0.5) is 13.2 Å². The molecule has 3 rings (SSSR count). The molecular formula is C17H22F3NO5S.